The molecule has 0 bridgehead atoms. The first-order valence-electron chi connectivity index (χ1n) is 5.25. The van der Waals surface area contributed by atoms with Crippen molar-refractivity contribution in [3.8, 4) is 5.75 Å². The van der Waals surface area contributed by atoms with E-state index in [4.69, 9.17) is 0 Å². The molecule has 1 fully saturated rings. The summed E-state index contributed by atoms with van der Waals surface area (Å²) in [7, 11) is 0. The predicted molar refractivity (Wildman–Crippen MR) is 57.0 cm³/mol. The molecule has 0 aliphatic heterocycles. The number of amides is 1. The third-order valence-electron chi connectivity index (χ3n) is 2.86. The van der Waals surface area contributed by atoms with Gasteiger partial charge in [-0.25, -0.2) is 4.98 Å². The van der Waals surface area contributed by atoms with Gasteiger partial charge in [0.15, 0.2) is 5.69 Å². The minimum atomic E-state index is -0.764. The molecule has 0 radical (unpaired) electrons. The van der Waals surface area contributed by atoms with Gasteiger partial charge in [-0.2, -0.15) is 0 Å². The van der Waals surface area contributed by atoms with E-state index in [1.807, 2.05) is 0 Å². The van der Waals surface area contributed by atoms with Crippen LogP contribution in [0.25, 0.3) is 0 Å². The minimum Gasteiger partial charge on any atom is -0.505 e. The van der Waals surface area contributed by atoms with Gasteiger partial charge < -0.3 is 15.5 Å². The van der Waals surface area contributed by atoms with Gasteiger partial charge in [-0.3, -0.25) is 4.79 Å². The Morgan fingerprint density at radius 2 is 2.31 bits per heavy atom. The topological polar surface area (TPSA) is 82.5 Å². The molecule has 5 heteroatoms. The van der Waals surface area contributed by atoms with Crippen molar-refractivity contribution < 1.29 is 15.0 Å². The third kappa shape index (κ3) is 2.14. The molecule has 1 aliphatic carbocycles. The number of hydrogen-bond acceptors (Lipinski definition) is 4. The van der Waals surface area contributed by atoms with Gasteiger partial charge in [0.1, 0.15) is 5.75 Å². The number of hydrogen-bond donors (Lipinski definition) is 3. The maximum Gasteiger partial charge on any atom is 0.273 e. The second kappa shape index (κ2) is 4.09. The maximum absolute atomic E-state index is 11.6. The summed E-state index contributed by atoms with van der Waals surface area (Å²) in [5.74, 6) is -0.612. The lowest BCUT2D eigenvalue weighted by Gasteiger charge is -2.36. The first kappa shape index (κ1) is 10.9. The first-order valence-corrected chi connectivity index (χ1v) is 5.25. The SMILES string of the molecule is O=C(NCC1(O)CCC1)c1ncccc1O. The van der Waals surface area contributed by atoms with Crippen molar-refractivity contribution >= 4 is 5.91 Å². The van der Waals surface area contributed by atoms with Gasteiger partial charge in [0.2, 0.25) is 0 Å². The van der Waals surface area contributed by atoms with Crippen molar-refractivity contribution in [1.29, 1.82) is 0 Å². The molecule has 1 saturated carbocycles. The lowest BCUT2D eigenvalue weighted by atomic mass is 9.80. The Bertz CT molecular complexity index is 402. The van der Waals surface area contributed by atoms with Crippen molar-refractivity contribution in [2.75, 3.05) is 6.54 Å². The molecule has 5 nitrogen and oxygen atoms in total. The molecular weight excluding hydrogens is 208 g/mol. The molecule has 1 heterocycles. The first-order chi connectivity index (χ1) is 7.61. The number of nitrogens with one attached hydrogen (secondary N) is 1. The Kier molecular flexibility index (Phi) is 2.78. The minimum absolute atomic E-state index is 0.00887. The molecule has 0 saturated heterocycles. The zero-order valence-electron chi connectivity index (χ0n) is 8.81. The number of aliphatic hydroxyl groups is 1. The second-order valence-corrected chi connectivity index (χ2v) is 4.13. The van der Waals surface area contributed by atoms with Crippen LogP contribution in [0.2, 0.25) is 0 Å². The van der Waals surface area contributed by atoms with E-state index in [0.29, 0.717) is 12.8 Å². The Morgan fingerprint density at radius 1 is 1.56 bits per heavy atom. The smallest absolute Gasteiger partial charge is 0.273 e. The monoisotopic (exact) mass is 222 g/mol. The van der Waals surface area contributed by atoms with Gasteiger partial charge in [-0.15, -0.1) is 0 Å². The van der Waals surface area contributed by atoms with Crippen molar-refractivity contribution in [1.82, 2.24) is 10.3 Å². The summed E-state index contributed by atoms with van der Waals surface area (Å²) in [6.45, 7) is 0.210. The lowest BCUT2D eigenvalue weighted by molar-refractivity contribution is -0.0301. The highest BCUT2D eigenvalue weighted by Gasteiger charge is 2.34. The van der Waals surface area contributed by atoms with Crippen LogP contribution in [0.3, 0.4) is 0 Å². The van der Waals surface area contributed by atoms with E-state index in [9.17, 15) is 15.0 Å². The summed E-state index contributed by atoms with van der Waals surface area (Å²) in [4.78, 5) is 15.4. The number of aromatic hydroxyl groups is 1. The summed E-state index contributed by atoms with van der Waals surface area (Å²) in [5.41, 5.74) is -0.773. The normalized spacial score (nSPS) is 17.6. The van der Waals surface area contributed by atoms with E-state index in [1.54, 1.807) is 6.07 Å². The molecule has 0 atom stereocenters. The molecule has 2 rings (SSSR count). The van der Waals surface area contributed by atoms with Gasteiger partial charge in [0.05, 0.1) is 5.60 Å². The van der Waals surface area contributed by atoms with Gasteiger partial charge in [0, 0.05) is 12.7 Å². The molecule has 1 amide bonds. The van der Waals surface area contributed by atoms with Crippen LogP contribution in [0, 0.1) is 0 Å². The Hall–Kier alpha value is -1.62. The van der Waals surface area contributed by atoms with Crippen LogP contribution in [0.15, 0.2) is 18.3 Å². The van der Waals surface area contributed by atoms with E-state index in [-0.39, 0.29) is 18.0 Å². The fourth-order valence-electron chi connectivity index (χ4n) is 1.66. The maximum atomic E-state index is 11.6. The summed E-state index contributed by atoms with van der Waals surface area (Å²) in [6, 6.07) is 2.95. The van der Waals surface area contributed by atoms with Crippen LogP contribution < -0.4 is 5.32 Å². The van der Waals surface area contributed by atoms with Crippen molar-refractivity contribution in [3.63, 3.8) is 0 Å². The van der Waals surface area contributed by atoms with E-state index in [1.165, 1.54) is 12.3 Å². The van der Waals surface area contributed by atoms with Gasteiger partial charge in [-0.1, -0.05) is 0 Å². The van der Waals surface area contributed by atoms with Crippen LogP contribution in [-0.2, 0) is 0 Å². The Morgan fingerprint density at radius 3 is 2.88 bits per heavy atom. The molecule has 0 spiro atoms. The fraction of sp³-hybridized carbons (Fsp3) is 0.455. The molecule has 3 N–H and O–H groups in total. The molecular formula is C11H14N2O3. The number of aromatic nitrogens is 1. The van der Waals surface area contributed by atoms with E-state index in [0.717, 1.165) is 6.42 Å². The van der Waals surface area contributed by atoms with E-state index in [2.05, 4.69) is 10.3 Å². The zero-order chi connectivity index (χ0) is 11.6. The van der Waals surface area contributed by atoms with Gasteiger partial charge in [-0.05, 0) is 31.4 Å². The highest BCUT2D eigenvalue weighted by atomic mass is 16.3. The lowest BCUT2D eigenvalue weighted by Crippen LogP contribution is -2.47. The van der Waals surface area contributed by atoms with Crippen LogP contribution in [0.4, 0.5) is 0 Å². The largest absolute Gasteiger partial charge is 0.505 e. The summed E-state index contributed by atoms with van der Waals surface area (Å²) in [6.07, 6.45) is 3.84. The Balaban J connectivity index is 1.96. The van der Waals surface area contributed by atoms with Crippen LogP contribution in [0.1, 0.15) is 29.8 Å². The van der Waals surface area contributed by atoms with E-state index >= 15 is 0 Å². The van der Waals surface area contributed by atoms with Gasteiger partial charge in [0.25, 0.3) is 5.91 Å². The number of pyridine rings is 1. The third-order valence-corrected chi connectivity index (χ3v) is 2.86. The number of rotatable bonds is 3. The quantitative estimate of drug-likeness (QED) is 0.692. The molecule has 86 valence electrons. The molecule has 1 aromatic heterocycles. The van der Waals surface area contributed by atoms with Crippen molar-refractivity contribution in [3.05, 3.63) is 24.0 Å². The molecule has 1 aliphatic rings. The molecule has 0 unspecified atom stereocenters. The molecule has 0 aromatic carbocycles. The zero-order valence-corrected chi connectivity index (χ0v) is 8.81. The Labute approximate surface area is 93.1 Å². The fourth-order valence-corrected chi connectivity index (χ4v) is 1.66. The molecule has 16 heavy (non-hydrogen) atoms. The predicted octanol–water partition coefficient (Wildman–Crippen LogP) is 0.432. The standard InChI is InChI=1S/C11H14N2O3/c14-8-3-1-6-12-9(8)10(15)13-7-11(16)4-2-5-11/h1,3,6,14,16H,2,4-5,7H2,(H,13,15). The molecule has 1 aromatic rings. The summed E-state index contributed by atoms with van der Waals surface area (Å²) in [5, 5.41) is 21.7. The van der Waals surface area contributed by atoms with Gasteiger partial charge >= 0.3 is 0 Å². The van der Waals surface area contributed by atoms with Crippen LogP contribution >= 0.6 is 0 Å². The van der Waals surface area contributed by atoms with Crippen LogP contribution in [-0.4, -0.2) is 33.3 Å². The van der Waals surface area contributed by atoms with E-state index < -0.39 is 11.5 Å². The highest BCUT2D eigenvalue weighted by Crippen LogP contribution is 2.30. The average molecular weight is 222 g/mol. The summed E-state index contributed by atoms with van der Waals surface area (Å²) >= 11 is 0. The van der Waals surface area contributed by atoms with Crippen molar-refractivity contribution in [2.45, 2.75) is 24.9 Å². The van der Waals surface area contributed by atoms with Crippen molar-refractivity contribution in [2.24, 2.45) is 0 Å². The summed E-state index contributed by atoms with van der Waals surface area (Å²) < 4.78 is 0. The highest BCUT2D eigenvalue weighted by molar-refractivity contribution is 5.94. The average Bonchev–Trinajstić information content (AvgIpc) is 2.24. The number of carbonyl (C=O) groups is 1. The number of carbonyl (C=O) groups excluding carboxylic acids is 1. The number of nitrogens with zero attached hydrogens (tertiary/aromatic N) is 1. The second-order valence-electron chi connectivity index (χ2n) is 4.13. The van der Waals surface area contributed by atoms with Crippen LogP contribution in [0.5, 0.6) is 5.75 Å².